The molecule has 0 aliphatic carbocycles. The van der Waals surface area contributed by atoms with Gasteiger partial charge in [-0.1, -0.05) is 30.7 Å². The number of nitrogens with zero attached hydrogens (tertiary/aromatic N) is 4. The summed E-state index contributed by atoms with van der Waals surface area (Å²) in [7, 11) is 0. The second kappa shape index (κ2) is 5.93. The molecule has 2 aromatic rings. The highest BCUT2D eigenvalue weighted by atomic mass is 35.5. The molecule has 0 N–H and O–H groups in total. The van der Waals surface area contributed by atoms with E-state index in [2.05, 4.69) is 15.0 Å². The standard InChI is InChI=1S/C14H12Cl2F2N4/c1-7-4-2-3-5-22(12(7)18)13-8-6-19-11(15)9(17)10(8)20-14(16)21-13/h2,4,6-7,12H,3,5H2,1H3. The van der Waals surface area contributed by atoms with Gasteiger partial charge >= 0.3 is 0 Å². The van der Waals surface area contributed by atoms with E-state index in [4.69, 9.17) is 23.2 Å². The third kappa shape index (κ3) is 2.61. The molecule has 116 valence electrons. The van der Waals surface area contributed by atoms with Crippen molar-refractivity contribution in [2.45, 2.75) is 19.6 Å². The van der Waals surface area contributed by atoms with E-state index in [0.29, 0.717) is 13.0 Å². The number of hydrogen-bond donors (Lipinski definition) is 0. The van der Waals surface area contributed by atoms with Crippen molar-refractivity contribution in [1.29, 1.82) is 0 Å². The molecule has 2 unspecified atom stereocenters. The van der Waals surface area contributed by atoms with Crippen LogP contribution in [-0.4, -0.2) is 27.8 Å². The number of fused-ring (bicyclic) bond motifs is 1. The molecule has 0 aromatic carbocycles. The van der Waals surface area contributed by atoms with Gasteiger partial charge in [0.1, 0.15) is 11.3 Å². The summed E-state index contributed by atoms with van der Waals surface area (Å²) < 4.78 is 28.8. The van der Waals surface area contributed by atoms with E-state index in [0.717, 1.165) is 0 Å². The molecule has 2 aromatic heterocycles. The number of rotatable bonds is 1. The first-order valence-electron chi connectivity index (χ1n) is 6.73. The molecule has 0 saturated carbocycles. The van der Waals surface area contributed by atoms with Gasteiger partial charge in [0.25, 0.3) is 0 Å². The summed E-state index contributed by atoms with van der Waals surface area (Å²) in [4.78, 5) is 13.2. The summed E-state index contributed by atoms with van der Waals surface area (Å²) in [5.74, 6) is -0.890. The van der Waals surface area contributed by atoms with Crippen LogP contribution in [-0.2, 0) is 0 Å². The molecule has 0 radical (unpaired) electrons. The lowest BCUT2D eigenvalue weighted by Crippen LogP contribution is -2.36. The summed E-state index contributed by atoms with van der Waals surface area (Å²) in [6, 6.07) is 0. The lowest BCUT2D eigenvalue weighted by Gasteiger charge is -2.29. The topological polar surface area (TPSA) is 41.9 Å². The van der Waals surface area contributed by atoms with Gasteiger partial charge in [-0.15, -0.1) is 0 Å². The molecular weight excluding hydrogens is 333 g/mol. The molecule has 4 nitrogen and oxygen atoms in total. The van der Waals surface area contributed by atoms with Crippen LogP contribution in [0.4, 0.5) is 14.6 Å². The minimum absolute atomic E-state index is 0.0629. The van der Waals surface area contributed by atoms with Crippen molar-refractivity contribution < 1.29 is 8.78 Å². The third-order valence-corrected chi connectivity index (χ3v) is 4.01. The molecule has 8 heteroatoms. The molecule has 1 aliphatic heterocycles. The maximum absolute atomic E-state index is 14.7. The number of anilines is 1. The van der Waals surface area contributed by atoms with E-state index in [1.807, 2.05) is 12.2 Å². The van der Waals surface area contributed by atoms with Gasteiger partial charge in [-0.05, 0) is 18.0 Å². The van der Waals surface area contributed by atoms with Crippen LogP contribution in [0.25, 0.3) is 10.9 Å². The van der Waals surface area contributed by atoms with E-state index >= 15 is 0 Å². The van der Waals surface area contributed by atoms with Gasteiger partial charge in [0.15, 0.2) is 17.3 Å². The Morgan fingerprint density at radius 1 is 1.32 bits per heavy atom. The average molecular weight is 345 g/mol. The Kier molecular flexibility index (Phi) is 4.14. The first-order valence-corrected chi connectivity index (χ1v) is 7.49. The Labute approximate surface area is 135 Å². The predicted octanol–water partition coefficient (Wildman–Crippen LogP) is 4.17. The summed E-state index contributed by atoms with van der Waals surface area (Å²) in [6.07, 6.45) is 4.41. The number of pyridine rings is 1. The highest BCUT2D eigenvalue weighted by Crippen LogP contribution is 2.32. The second-order valence-electron chi connectivity index (χ2n) is 5.08. The molecule has 0 spiro atoms. The largest absolute Gasteiger partial charge is 0.325 e. The molecule has 0 bridgehead atoms. The smallest absolute Gasteiger partial charge is 0.225 e. The Balaban J connectivity index is 2.20. The van der Waals surface area contributed by atoms with Gasteiger partial charge in [-0.25, -0.2) is 18.7 Å². The highest BCUT2D eigenvalue weighted by molar-refractivity contribution is 6.30. The molecule has 22 heavy (non-hydrogen) atoms. The summed E-state index contributed by atoms with van der Waals surface area (Å²) in [5.41, 5.74) is -0.0629. The summed E-state index contributed by atoms with van der Waals surface area (Å²) >= 11 is 11.5. The van der Waals surface area contributed by atoms with Crippen molar-refractivity contribution in [1.82, 2.24) is 15.0 Å². The van der Waals surface area contributed by atoms with Gasteiger partial charge in [0.05, 0.1) is 5.39 Å². The highest BCUT2D eigenvalue weighted by Gasteiger charge is 2.28. The summed E-state index contributed by atoms with van der Waals surface area (Å²) in [6.45, 7) is 2.16. The van der Waals surface area contributed by atoms with Crippen LogP contribution in [0, 0.1) is 11.7 Å². The molecular formula is C14H12Cl2F2N4. The van der Waals surface area contributed by atoms with Gasteiger partial charge in [-0.3, -0.25) is 0 Å². The molecule has 0 fully saturated rings. The number of hydrogen-bond acceptors (Lipinski definition) is 4. The first-order chi connectivity index (χ1) is 10.5. The van der Waals surface area contributed by atoms with Crippen molar-refractivity contribution in [2.24, 2.45) is 5.92 Å². The molecule has 3 heterocycles. The van der Waals surface area contributed by atoms with Crippen LogP contribution in [0.5, 0.6) is 0 Å². The van der Waals surface area contributed by atoms with Crippen LogP contribution >= 0.6 is 23.2 Å². The van der Waals surface area contributed by atoms with Crippen LogP contribution in [0.1, 0.15) is 13.3 Å². The quantitative estimate of drug-likeness (QED) is 0.337. The van der Waals surface area contributed by atoms with E-state index in [-0.39, 0.29) is 33.1 Å². The van der Waals surface area contributed by atoms with Crippen molar-refractivity contribution in [3.05, 3.63) is 34.6 Å². The minimum Gasteiger partial charge on any atom is -0.325 e. The Bertz CT molecular complexity index is 753. The fourth-order valence-corrected chi connectivity index (χ4v) is 2.76. The normalized spacial score (nSPS) is 22.1. The van der Waals surface area contributed by atoms with Crippen molar-refractivity contribution in [3.8, 4) is 0 Å². The van der Waals surface area contributed by atoms with Crippen LogP contribution in [0.2, 0.25) is 10.4 Å². The fourth-order valence-electron chi connectivity index (χ4n) is 2.46. The minimum atomic E-state index is -1.30. The van der Waals surface area contributed by atoms with Gasteiger partial charge in [0, 0.05) is 18.7 Å². The average Bonchev–Trinajstić information content (AvgIpc) is 2.65. The summed E-state index contributed by atoms with van der Waals surface area (Å²) in [5, 5.41) is -0.195. The SMILES string of the molecule is CC1C=CCCN(c2nc(Cl)nc3c(F)c(Cl)ncc23)C1F. The van der Waals surface area contributed by atoms with Crippen LogP contribution in [0.15, 0.2) is 18.3 Å². The molecule has 2 atom stereocenters. The van der Waals surface area contributed by atoms with Crippen molar-refractivity contribution in [3.63, 3.8) is 0 Å². The number of halogens is 4. The van der Waals surface area contributed by atoms with Crippen LogP contribution in [0.3, 0.4) is 0 Å². The van der Waals surface area contributed by atoms with E-state index in [1.165, 1.54) is 11.1 Å². The predicted molar refractivity (Wildman–Crippen MR) is 82.5 cm³/mol. The van der Waals surface area contributed by atoms with E-state index < -0.39 is 12.1 Å². The Hall–Kier alpha value is -1.53. The van der Waals surface area contributed by atoms with Crippen molar-refractivity contribution in [2.75, 3.05) is 11.4 Å². The third-order valence-electron chi connectivity index (χ3n) is 3.57. The molecule has 3 rings (SSSR count). The van der Waals surface area contributed by atoms with Gasteiger partial charge in [-0.2, -0.15) is 4.98 Å². The van der Waals surface area contributed by atoms with Gasteiger partial charge in [0.2, 0.25) is 5.28 Å². The maximum Gasteiger partial charge on any atom is 0.225 e. The number of alkyl halides is 1. The lowest BCUT2D eigenvalue weighted by atomic mass is 10.1. The zero-order valence-electron chi connectivity index (χ0n) is 11.6. The fraction of sp³-hybridized carbons (Fsp3) is 0.357. The second-order valence-corrected chi connectivity index (χ2v) is 5.78. The van der Waals surface area contributed by atoms with Crippen molar-refractivity contribution >= 4 is 39.9 Å². The molecule has 0 saturated heterocycles. The zero-order valence-corrected chi connectivity index (χ0v) is 13.1. The maximum atomic E-state index is 14.7. The molecule has 1 aliphatic rings. The van der Waals surface area contributed by atoms with E-state index in [9.17, 15) is 8.78 Å². The van der Waals surface area contributed by atoms with Crippen LogP contribution < -0.4 is 4.90 Å². The molecule has 0 amide bonds. The zero-order chi connectivity index (χ0) is 15.9. The Morgan fingerprint density at radius 3 is 2.86 bits per heavy atom. The number of aromatic nitrogens is 3. The first kappa shape index (κ1) is 15.4. The Morgan fingerprint density at radius 2 is 2.09 bits per heavy atom. The lowest BCUT2D eigenvalue weighted by molar-refractivity contribution is 0.266. The van der Waals surface area contributed by atoms with Gasteiger partial charge < -0.3 is 4.90 Å². The van der Waals surface area contributed by atoms with E-state index in [1.54, 1.807) is 6.92 Å². The monoisotopic (exact) mass is 344 g/mol.